The summed E-state index contributed by atoms with van der Waals surface area (Å²) in [5, 5.41) is 3.69. The second-order valence-corrected chi connectivity index (χ2v) is 3.81. The highest BCUT2D eigenvalue weighted by atomic mass is 32.1. The van der Waals surface area contributed by atoms with Gasteiger partial charge in [-0.25, -0.2) is 9.78 Å². The van der Waals surface area contributed by atoms with Crippen LogP contribution in [0.5, 0.6) is 0 Å². The second-order valence-electron chi connectivity index (χ2n) is 3.37. The van der Waals surface area contributed by atoms with Gasteiger partial charge in [-0.3, -0.25) is 19.8 Å². The molecule has 0 aliphatic carbocycles. The molecule has 0 aliphatic rings. The van der Waals surface area contributed by atoms with Crippen molar-refractivity contribution in [3.8, 4) is 0 Å². The Morgan fingerprint density at radius 1 is 1.56 bits per heavy atom. The predicted molar refractivity (Wildman–Crippen MR) is 69.5 cm³/mol. The zero-order valence-electron chi connectivity index (χ0n) is 9.22. The van der Waals surface area contributed by atoms with Crippen LogP contribution in [0, 0.1) is 0 Å². The van der Waals surface area contributed by atoms with Gasteiger partial charge in [0.25, 0.3) is 5.56 Å². The van der Waals surface area contributed by atoms with Gasteiger partial charge < -0.3 is 10.7 Å². The van der Waals surface area contributed by atoms with Gasteiger partial charge in [0.05, 0.1) is 6.21 Å². The van der Waals surface area contributed by atoms with Crippen molar-refractivity contribution in [2.45, 2.75) is 0 Å². The largest absolute Gasteiger partial charge is 0.375 e. The normalized spacial score (nSPS) is 11.2. The van der Waals surface area contributed by atoms with Crippen molar-refractivity contribution in [1.82, 2.24) is 24.9 Å². The van der Waals surface area contributed by atoms with Gasteiger partial charge >= 0.3 is 5.69 Å². The van der Waals surface area contributed by atoms with Crippen LogP contribution in [0.2, 0.25) is 0 Å². The van der Waals surface area contributed by atoms with Crippen LogP contribution in [0.25, 0.3) is 11.2 Å². The Kier molecular flexibility index (Phi) is 2.93. The molecule has 0 fully saturated rings. The van der Waals surface area contributed by atoms with Crippen LogP contribution in [-0.4, -0.2) is 30.8 Å². The van der Waals surface area contributed by atoms with E-state index in [0.717, 1.165) is 0 Å². The molecule has 94 valence electrons. The van der Waals surface area contributed by atoms with Crippen LogP contribution in [-0.2, 0) is 7.05 Å². The lowest BCUT2D eigenvalue weighted by atomic mass is 10.5. The van der Waals surface area contributed by atoms with E-state index >= 15 is 0 Å². The number of nitrogens with two attached hydrogens (primary N) is 1. The van der Waals surface area contributed by atoms with Gasteiger partial charge in [0.15, 0.2) is 16.6 Å². The van der Waals surface area contributed by atoms with E-state index in [9.17, 15) is 9.59 Å². The summed E-state index contributed by atoms with van der Waals surface area (Å²) in [6.45, 7) is 0. The fourth-order valence-corrected chi connectivity index (χ4v) is 1.39. The van der Waals surface area contributed by atoms with Crippen molar-refractivity contribution >= 4 is 34.7 Å². The first-order valence-corrected chi connectivity index (χ1v) is 5.17. The number of thiocarbonyl (C=S) groups is 1. The Morgan fingerprint density at radius 2 is 2.28 bits per heavy atom. The minimum absolute atomic E-state index is 0.00704. The third-order valence-electron chi connectivity index (χ3n) is 2.13. The zero-order valence-corrected chi connectivity index (χ0v) is 10.0. The monoisotopic (exact) mass is 267 g/mol. The molecule has 0 atom stereocenters. The number of hydrogen-bond donors (Lipinski definition) is 4. The fraction of sp³-hybridized carbons (Fsp3) is 0.125. The highest BCUT2D eigenvalue weighted by Crippen LogP contribution is 2.01. The molecule has 0 saturated carbocycles. The van der Waals surface area contributed by atoms with Crippen molar-refractivity contribution in [3.63, 3.8) is 0 Å². The number of nitrogens with zero attached hydrogens (tertiary/aromatic N) is 3. The second kappa shape index (κ2) is 4.41. The standard InChI is InChI=1S/C8H9N7O2S/c1-15-5-4(6(16)13-8(15)17)11-3(12-5)2-10-14-7(9)18/h2H,1H3,(H,11,12)(H3,9,14,18)(H,13,16,17)/b10-2-. The van der Waals surface area contributed by atoms with Crippen molar-refractivity contribution < 1.29 is 0 Å². The summed E-state index contributed by atoms with van der Waals surface area (Å²) in [5.74, 6) is 0.292. The van der Waals surface area contributed by atoms with Crippen LogP contribution in [0.4, 0.5) is 0 Å². The van der Waals surface area contributed by atoms with Crippen molar-refractivity contribution in [3.05, 3.63) is 26.7 Å². The SMILES string of the molecule is Cn1c(=O)[nH]c(=O)c2[nH]c(/C=N\NC(N)=S)nc21. The van der Waals surface area contributed by atoms with Crippen LogP contribution in [0.3, 0.4) is 0 Å². The lowest BCUT2D eigenvalue weighted by Gasteiger charge is -1.94. The van der Waals surface area contributed by atoms with Gasteiger partial charge in [-0.15, -0.1) is 0 Å². The summed E-state index contributed by atoms with van der Waals surface area (Å²) in [5.41, 5.74) is 6.87. The molecule has 0 aliphatic heterocycles. The maximum atomic E-state index is 11.5. The molecular weight excluding hydrogens is 258 g/mol. The van der Waals surface area contributed by atoms with E-state index in [1.807, 2.05) is 0 Å². The van der Waals surface area contributed by atoms with Gasteiger partial charge in [0.2, 0.25) is 0 Å². The Balaban J connectivity index is 2.51. The first-order chi connectivity index (χ1) is 8.49. The number of rotatable bonds is 2. The summed E-state index contributed by atoms with van der Waals surface area (Å²) in [6.07, 6.45) is 1.29. The summed E-state index contributed by atoms with van der Waals surface area (Å²) in [7, 11) is 1.50. The van der Waals surface area contributed by atoms with Gasteiger partial charge in [0.1, 0.15) is 5.52 Å². The molecule has 18 heavy (non-hydrogen) atoms. The number of fused-ring (bicyclic) bond motifs is 1. The average molecular weight is 267 g/mol. The van der Waals surface area contributed by atoms with E-state index in [1.165, 1.54) is 17.8 Å². The molecule has 5 N–H and O–H groups in total. The minimum atomic E-state index is -0.539. The lowest BCUT2D eigenvalue weighted by Crippen LogP contribution is -2.28. The van der Waals surface area contributed by atoms with Crippen molar-refractivity contribution in [2.24, 2.45) is 17.9 Å². The predicted octanol–water partition coefficient (Wildman–Crippen LogP) is -1.88. The summed E-state index contributed by atoms with van der Waals surface area (Å²) in [4.78, 5) is 31.8. The molecular formula is C8H9N7O2S. The number of aromatic amines is 2. The minimum Gasteiger partial charge on any atom is -0.375 e. The average Bonchev–Trinajstić information content (AvgIpc) is 2.70. The van der Waals surface area contributed by atoms with E-state index in [4.69, 9.17) is 5.73 Å². The Morgan fingerprint density at radius 3 is 2.94 bits per heavy atom. The molecule has 0 aromatic carbocycles. The summed E-state index contributed by atoms with van der Waals surface area (Å²) in [6, 6.07) is 0. The Bertz CT molecular complexity index is 753. The Labute approximate surface area is 105 Å². The maximum Gasteiger partial charge on any atom is 0.329 e. The molecule has 9 nitrogen and oxygen atoms in total. The van der Waals surface area contributed by atoms with Gasteiger partial charge in [-0.1, -0.05) is 0 Å². The molecule has 2 heterocycles. The first-order valence-electron chi connectivity index (χ1n) is 4.76. The zero-order chi connectivity index (χ0) is 13.3. The van der Waals surface area contributed by atoms with E-state index in [1.54, 1.807) is 0 Å². The molecule has 0 radical (unpaired) electrons. The third-order valence-corrected chi connectivity index (χ3v) is 2.23. The maximum absolute atomic E-state index is 11.5. The number of hydrazone groups is 1. The number of aromatic nitrogens is 4. The van der Waals surface area contributed by atoms with Crippen LogP contribution < -0.4 is 22.4 Å². The smallest absolute Gasteiger partial charge is 0.329 e. The van der Waals surface area contributed by atoms with Crippen molar-refractivity contribution in [1.29, 1.82) is 0 Å². The molecule has 2 rings (SSSR count). The number of H-pyrrole nitrogens is 2. The van der Waals surface area contributed by atoms with Gasteiger partial charge in [0, 0.05) is 7.05 Å². The molecule has 0 unspecified atom stereocenters. The molecule has 0 saturated heterocycles. The number of nitrogens with one attached hydrogen (secondary N) is 3. The fourth-order valence-electron chi connectivity index (χ4n) is 1.34. The number of hydrogen-bond acceptors (Lipinski definition) is 5. The van der Waals surface area contributed by atoms with Crippen LogP contribution in [0.1, 0.15) is 5.82 Å². The topological polar surface area (TPSA) is 134 Å². The van der Waals surface area contributed by atoms with E-state index in [-0.39, 0.29) is 16.3 Å². The number of imidazole rings is 1. The van der Waals surface area contributed by atoms with Gasteiger partial charge in [-0.2, -0.15) is 5.10 Å². The number of aryl methyl sites for hydroxylation is 1. The molecule has 0 spiro atoms. The van der Waals surface area contributed by atoms with E-state index < -0.39 is 11.2 Å². The molecule has 0 bridgehead atoms. The molecule has 10 heteroatoms. The summed E-state index contributed by atoms with van der Waals surface area (Å²) < 4.78 is 1.21. The molecule has 0 amide bonds. The van der Waals surface area contributed by atoms with Crippen LogP contribution in [0.15, 0.2) is 14.7 Å². The van der Waals surface area contributed by atoms with Gasteiger partial charge in [-0.05, 0) is 12.2 Å². The third kappa shape index (κ3) is 2.13. The molecule has 2 aromatic rings. The molecule has 2 aromatic heterocycles. The first kappa shape index (κ1) is 12.0. The van der Waals surface area contributed by atoms with Crippen molar-refractivity contribution in [2.75, 3.05) is 0 Å². The van der Waals surface area contributed by atoms with E-state index in [2.05, 4.69) is 37.7 Å². The Hall–Kier alpha value is -2.49. The summed E-state index contributed by atoms with van der Waals surface area (Å²) >= 11 is 4.56. The highest BCUT2D eigenvalue weighted by molar-refractivity contribution is 7.80. The van der Waals surface area contributed by atoms with E-state index in [0.29, 0.717) is 5.82 Å². The lowest BCUT2D eigenvalue weighted by molar-refractivity contribution is 0.832. The van der Waals surface area contributed by atoms with Crippen LogP contribution >= 0.6 is 12.2 Å². The quantitative estimate of drug-likeness (QED) is 0.286. The highest BCUT2D eigenvalue weighted by Gasteiger charge is 2.09.